The summed E-state index contributed by atoms with van der Waals surface area (Å²) in [7, 11) is 1.58. The predicted molar refractivity (Wildman–Crippen MR) is 95.5 cm³/mol. The fourth-order valence-corrected chi connectivity index (χ4v) is 2.74. The summed E-state index contributed by atoms with van der Waals surface area (Å²) in [6.07, 6.45) is 0. The van der Waals surface area contributed by atoms with Crippen LogP contribution in [-0.4, -0.2) is 19.0 Å². The van der Waals surface area contributed by atoms with E-state index in [1.165, 1.54) is 0 Å². The molecule has 0 saturated heterocycles. The average molecular weight is 355 g/mol. The Balaban J connectivity index is 1.92. The van der Waals surface area contributed by atoms with Crippen molar-refractivity contribution in [3.05, 3.63) is 59.1 Å². The number of hydrogen-bond donors (Lipinski definition) is 2. The number of hydrogen-bond acceptors (Lipinski definition) is 5. The lowest BCUT2D eigenvalue weighted by atomic mass is 9.92. The molecule has 7 heteroatoms. The molecule has 0 aromatic heterocycles. The van der Waals surface area contributed by atoms with Gasteiger partial charge in [-0.25, -0.2) is 4.99 Å². The van der Waals surface area contributed by atoms with E-state index in [-0.39, 0.29) is 5.96 Å². The molecule has 25 heavy (non-hydrogen) atoms. The van der Waals surface area contributed by atoms with Crippen molar-refractivity contribution in [2.45, 2.75) is 6.04 Å². The van der Waals surface area contributed by atoms with Gasteiger partial charge in [-0.3, -0.25) is 10.1 Å². The molecule has 0 spiro atoms. The van der Waals surface area contributed by atoms with E-state index in [1.807, 2.05) is 6.07 Å². The second-order valence-corrected chi connectivity index (χ2v) is 5.86. The van der Waals surface area contributed by atoms with Crippen molar-refractivity contribution < 1.29 is 9.53 Å². The Morgan fingerprint density at radius 1 is 1.28 bits per heavy atom. The maximum absolute atomic E-state index is 12.3. The Morgan fingerprint density at radius 2 is 2.04 bits per heavy atom. The topological polar surface area (TPSA) is 86.5 Å². The predicted octanol–water partition coefficient (Wildman–Crippen LogP) is 3.13. The molecule has 1 heterocycles. The lowest BCUT2D eigenvalue weighted by Crippen LogP contribution is -2.45. The van der Waals surface area contributed by atoms with Crippen molar-refractivity contribution in [3.63, 3.8) is 0 Å². The first-order valence-corrected chi connectivity index (χ1v) is 7.93. The van der Waals surface area contributed by atoms with Crippen molar-refractivity contribution in [1.29, 1.82) is 5.26 Å². The number of anilines is 1. The van der Waals surface area contributed by atoms with E-state index in [0.29, 0.717) is 16.5 Å². The van der Waals surface area contributed by atoms with Gasteiger partial charge in [0.05, 0.1) is 13.2 Å². The minimum absolute atomic E-state index is 0.277. The standard InChI is InChI=1S/C18H15ClN4O2/c1-25-14-7-5-11(6-8-14)16-15(10-20)17(24)23-18(22-16)21-13-4-2-3-12(19)9-13/h2-9,15-16H,1H3,(H2,21,22,23,24). The zero-order valence-electron chi connectivity index (χ0n) is 13.4. The van der Waals surface area contributed by atoms with Gasteiger partial charge in [-0.2, -0.15) is 5.26 Å². The van der Waals surface area contributed by atoms with Gasteiger partial charge in [0.15, 0.2) is 5.92 Å². The number of carbonyl (C=O) groups is 1. The molecule has 3 rings (SSSR count). The molecule has 0 bridgehead atoms. The molecule has 0 radical (unpaired) electrons. The SMILES string of the molecule is COc1ccc(C2N=C(Nc3cccc(Cl)c3)NC(=O)C2C#N)cc1. The van der Waals surface area contributed by atoms with Crippen LogP contribution >= 0.6 is 11.6 Å². The summed E-state index contributed by atoms with van der Waals surface area (Å²) >= 11 is 5.97. The summed E-state index contributed by atoms with van der Waals surface area (Å²) in [6.45, 7) is 0. The first-order valence-electron chi connectivity index (χ1n) is 7.55. The number of guanidine groups is 1. The molecule has 2 aromatic rings. The van der Waals surface area contributed by atoms with Crippen LogP contribution in [0, 0.1) is 17.2 Å². The van der Waals surface area contributed by atoms with E-state index < -0.39 is 17.9 Å². The summed E-state index contributed by atoms with van der Waals surface area (Å²) in [6, 6.07) is 15.6. The van der Waals surface area contributed by atoms with Crippen LogP contribution < -0.4 is 15.4 Å². The van der Waals surface area contributed by atoms with Gasteiger partial charge in [-0.05, 0) is 35.9 Å². The molecule has 2 aromatic carbocycles. The summed E-state index contributed by atoms with van der Waals surface area (Å²) in [5.74, 6) is -0.334. The molecule has 126 valence electrons. The molecule has 1 aliphatic heterocycles. The number of methoxy groups -OCH3 is 1. The number of ether oxygens (including phenoxy) is 1. The highest BCUT2D eigenvalue weighted by molar-refractivity contribution is 6.30. The number of halogens is 1. The number of nitriles is 1. The first kappa shape index (κ1) is 16.8. The third-order valence-corrected chi connectivity index (χ3v) is 4.03. The van der Waals surface area contributed by atoms with Gasteiger partial charge in [0, 0.05) is 10.7 Å². The first-order chi connectivity index (χ1) is 12.1. The number of nitrogens with zero attached hydrogens (tertiary/aromatic N) is 2. The van der Waals surface area contributed by atoms with Crippen LogP contribution in [0.15, 0.2) is 53.5 Å². The van der Waals surface area contributed by atoms with Crippen LogP contribution in [0.5, 0.6) is 5.75 Å². The molecular formula is C18H15ClN4O2. The summed E-state index contributed by atoms with van der Waals surface area (Å²) in [5.41, 5.74) is 1.45. The van der Waals surface area contributed by atoms with Gasteiger partial charge in [0.2, 0.25) is 11.9 Å². The average Bonchev–Trinajstić information content (AvgIpc) is 2.61. The van der Waals surface area contributed by atoms with Crippen LogP contribution in [0.2, 0.25) is 5.02 Å². The fraction of sp³-hybridized carbons (Fsp3) is 0.167. The van der Waals surface area contributed by atoms with Crippen LogP contribution in [0.4, 0.5) is 5.69 Å². The highest BCUT2D eigenvalue weighted by atomic mass is 35.5. The molecule has 1 aliphatic rings. The normalized spacial score (nSPS) is 19.4. The van der Waals surface area contributed by atoms with E-state index in [2.05, 4.69) is 15.6 Å². The molecule has 0 aliphatic carbocycles. The van der Waals surface area contributed by atoms with Crippen LogP contribution in [0.3, 0.4) is 0 Å². The Kier molecular flexibility index (Phi) is 4.87. The second kappa shape index (κ2) is 7.24. The van der Waals surface area contributed by atoms with E-state index in [4.69, 9.17) is 16.3 Å². The Hall–Kier alpha value is -3.04. The van der Waals surface area contributed by atoms with Crippen molar-refractivity contribution in [2.24, 2.45) is 10.9 Å². The molecule has 0 fully saturated rings. The lowest BCUT2D eigenvalue weighted by molar-refractivity contribution is -0.122. The largest absolute Gasteiger partial charge is 0.497 e. The zero-order valence-corrected chi connectivity index (χ0v) is 14.1. The fourth-order valence-electron chi connectivity index (χ4n) is 2.55. The van der Waals surface area contributed by atoms with Crippen molar-refractivity contribution in [2.75, 3.05) is 12.4 Å². The third kappa shape index (κ3) is 3.73. The van der Waals surface area contributed by atoms with Gasteiger partial charge in [-0.1, -0.05) is 29.8 Å². The summed E-state index contributed by atoms with van der Waals surface area (Å²) in [5, 5.41) is 15.6. The lowest BCUT2D eigenvalue weighted by Gasteiger charge is -2.25. The highest BCUT2D eigenvalue weighted by Gasteiger charge is 2.34. The maximum atomic E-state index is 12.3. The van der Waals surface area contributed by atoms with Crippen LogP contribution in [-0.2, 0) is 4.79 Å². The maximum Gasteiger partial charge on any atom is 0.246 e. The molecule has 0 saturated carbocycles. The number of aliphatic imine (C=N–C) groups is 1. The van der Waals surface area contributed by atoms with Gasteiger partial charge in [0.1, 0.15) is 11.8 Å². The molecule has 2 atom stereocenters. The Bertz CT molecular complexity index is 858. The van der Waals surface area contributed by atoms with E-state index in [9.17, 15) is 10.1 Å². The molecule has 2 unspecified atom stereocenters. The smallest absolute Gasteiger partial charge is 0.246 e. The molecule has 2 N–H and O–H groups in total. The van der Waals surface area contributed by atoms with Gasteiger partial charge in [-0.15, -0.1) is 0 Å². The summed E-state index contributed by atoms with van der Waals surface area (Å²) in [4.78, 5) is 16.8. The number of nitrogens with one attached hydrogen (secondary N) is 2. The third-order valence-electron chi connectivity index (χ3n) is 3.79. The second-order valence-electron chi connectivity index (χ2n) is 5.43. The minimum Gasteiger partial charge on any atom is -0.497 e. The van der Waals surface area contributed by atoms with Crippen molar-refractivity contribution >= 4 is 29.2 Å². The van der Waals surface area contributed by atoms with Crippen molar-refractivity contribution in [1.82, 2.24) is 5.32 Å². The van der Waals surface area contributed by atoms with Gasteiger partial charge < -0.3 is 10.1 Å². The van der Waals surface area contributed by atoms with Crippen LogP contribution in [0.25, 0.3) is 0 Å². The quantitative estimate of drug-likeness (QED) is 0.886. The van der Waals surface area contributed by atoms with Crippen LogP contribution in [0.1, 0.15) is 11.6 Å². The van der Waals surface area contributed by atoms with E-state index >= 15 is 0 Å². The minimum atomic E-state index is -0.904. The number of amides is 1. The van der Waals surface area contributed by atoms with E-state index in [1.54, 1.807) is 55.6 Å². The molecule has 6 nitrogen and oxygen atoms in total. The molecular weight excluding hydrogens is 340 g/mol. The Morgan fingerprint density at radius 3 is 2.68 bits per heavy atom. The molecule has 1 amide bonds. The highest BCUT2D eigenvalue weighted by Crippen LogP contribution is 2.30. The van der Waals surface area contributed by atoms with E-state index in [0.717, 1.165) is 5.56 Å². The number of carbonyl (C=O) groups excluding carboxylic acids is 1. The monoisotopic (exact) mass is 354 g/mol. The van der Waals surface area contributed by atoms with Gasteiger partial charge in [0.25, 0.3) is 0 Å². The zero-order chi connectivity index (χ0) is 17.8. The summed E-state index contributed by atoms with van der Waals surface area (Å²) < 4.78 is 5.14. The number of benzene rings is 2. The Labute approximate surface area is 150 Å². The van der Waals surface area contributed by atoms with Crippen molar-refractivity contribution in [3.8, 4) is 11.8 Å². The van der Waals surface area contributed by atoms with Gasteiger partial charge >= 0.3 is 0 Å². The number of rotatable bonds is 3.